The molecule has 280 valence electrons. The number of Topliss-reactive ketones (excluding diaryl/α,β-unsaturated/α-hetero) is 1. The molecule has 0 aromatic rings. The summed E-state index contributed by atoms with van der Waals surface area (Å²) in [6, 6.07) is -2.77. The Hall–Kier alpha value is -3.44. The second-order valence-corrected chi connectivity index (χ2v) is 14.1. The Morgan fingerprint density at radius 3 is 1.83 bits per heavy atom. The fourth-order valence-corrected chi connectivity index (χ4v) is 4.21. The van der Waals surface area contributed by atoms with Crippen molar-refractivity contribution < 1.29 is 28.8 Å². The fourth-order valence-electron chi connectivity index (χ4n) is 4.21. The molecule has 4 N–H and O–H groups in total. The highest BCUT2D eigenvalue weighted by molar-refractivity contribution is 5.95. The number of rotatable bonds is 14. The predicted octanol–water partition coefficient (Wildman–Crippen LogP) is 4.68. The van der Waals surface area contributed by atoms with Crippen LogP contribution in [-0.2, 0) is 24.0 Å². The van der Waals surface area contributed by atoms with Crippen molar-refractivity contribution in [3.8, 4) is 0 Å². The minimum Gasteiger partial charge on any atom is -0.355 e. The summed E-state index contributed by atoms with van der Waals surface area (Å²) >= 11 is 0. The van der Waals surface area contributed by atoms with Gasteiger partial charge in [0.1, 0.15) is 12.1 Å². The molecule has 1 saturated heterocycles. The van der Waals surface area contributed by atoms with E-state index in [9.17, 15) is 28.8 Å². The Morgan fingerprint density at radius 2 is 1.46 bits per heavy atom. The van der Waals surface area contributed by atoms with Crippen LogP contribution in [0.2, 0.25) is 0 Å². The Bertz CT molecular complexity index is 940. The molecule has 0 aromatic heterocycles. The normalized spacial score (nSPS) is 14.7. The van der Waals surface area contributed by atoms with Gasteiger partial charge in [0.05, 0.1) is 12.6 Å². The number of likely N-dealkylation sites (N-methyl/N-ethyl adjacent to an activating group) is 1. The molecule has 1 rings (SSSR count). The van der Waals surface area contributed by atoms with Crippen molar-refractivity contribution in [2.45, 2.75) is 134 Å². The Morgan fingerprint density at radius 1 is 0.938 bits per heavy atom. The second-order valence-electron chi connectivity index (χ2n) is 14.1. The van der Waals surface area contributed by atoms with Crippen LogP contribution in [0.4, 0.5) is 4.79 Å². The predicted molar refractivity (Wildman–Crippen MR) is 195 cm³/mol. The van der Waals surface area contributed by atoms with Gasteiger partial charge >= 0.3 is 6.03 Å². The van der Waals surface area contributed by atoms with Crippen LogP contribution in [-0.4, -0.2) is 96.6 Å². The molecule has 1 fully saturated rings. The first-order valence-electron chi connectivity index (χ1n) is 17.5. The van der Waals surface area contributed by atoms with Crippen molar-refractivity contribution in [3.63, 3.8) is 0 Å². The fraction of sp³-hybridized carbons (Fsp3) is 0.778. The van der Waals surface area contributed by atoms with Gasteiger partial charge in [-0.15, -0.1) is 6.58 Å². The number of carbonyl (C=O) groups is 6. The standard InChI is InChI=1S/C24H43N5O5.C4H7NO.2C4H10/c1-8-12-17(16(4)30)26-21(32)18-13-11-14-29(18)22(33)20(24(5,6)7)27-23(34)25-15-19(31)28(9-2)10-3;1-2-3-5-4-6;2*1-4(2)3/h17-18,20H,8-15H2,1-7H3,(H,26,32)(H2,25,27,34);2,4H,1,3H2,(H,5,6);2*4H,1-3H3. The smallest absolute Gasteiger partial charge is 0.315 e. The summed E-state index contributed by atoms with van der Waals surface area (Å²) < 4.78 is 0. The number of urea groups is 1. The van der Waals surface area contributed by atoms with Crippen molar-refractivity contribution in [3.05, 3.63) is 12.7 Å². The van der Waals surface area contributed by atoms with Gasteiger partial charge in [-0.25, -0.2) is 4.79 Å². The Labute approximate surface area is 292 Å². The number of nitrogens with zero attached hydrogens (tertiary/aromatic N) is 2. The molecule has 48 heavy (non-hydrogen) atoms. The van der Waals surface area contributed by atoms with E-state index < -0.39 is 29.6 Å². The third kappa shape index (κ3) is 23.8. The van der Waals surface area contributed by atoms with Gasteiger partial charge in [-0.1, -0.05) is 81.7 Å². The number of hydrogen-bond donors (Lipinski definition) is 4. The topological polar surface area (TPSA) is 157 Å². The first-order valence-corrected chi connectivity index (χ1v) is 17.5. The average molecular weight is 683 g/mol. The van der Waals surface area contributed by atoms with Crippen LogP contribution >= 0.6 is 0 Å². The third-order valence-electron chi connectivity index (χ3n) is 6.47. The largest absolute Gasteiger partial charge is 0.355 e. The molecule has 0 aromatic carbocycles. The minimum atomic E-state index is -0.899. The highest BCUT2D eigenvalue weighted by Gasteiger charge is 2.42. The number of carbonyl (C=O) groups excluding carboxylic acids is 6. The van der Waals surface area contributed by atoms with E-state index in [0.29, 0.717) is 51.9 Å². The van der Waals surface area contributed by atoms with Crippen LogP contribution in [0.25, 0.3) is 0 Å². The Balaban J connectivity index is -0.00000121. The van der Waals surface area contributed by atoms with Gasteiger partial charge in [-0.2, -0.15) is 0 Å². The van der Waals surface area contributed by atoms with Crippen LogP contribution in [0.1, 0.15) is 116 Å². The van der Waals surface area contributed by atoms with E-state index in [1.165, 1.54) is 11.8 Å². The van der Waals surface area contributed by atoms with E-state index in [4.69, 9.17) is 0 Å². The molecular formula is C36H70N6O6. The molecular weight excluding hydrogens is 612 g/mol. The van der Waals surface area contributed by atoms with E-state index in [2.05, 4.69) is 69.4 Å². The van der Waals surface area contributed by atoms with Crippen LogP contribution in [0.15, 0.2) is 12.7 Å². The number of ketones is 1. The van der Waals surface area contributed by atoms with Gasteiger partial charge in [0, 0.05) is 26.2 Å². The van der Waals surface area contributed by atoms with Crippen molar-refractivity contribution in [2.75, 3.05) is 32.7 Å². The highest BCUT2D eigenvalue weighted by Crippen LogP contribution is 2.26. The van der Waals surface area contributed by atoms with E-state index in [-0.39, 0.29) is 30.0 Å². The summed E-state index contributed by atoms with van der Waals surface area (Å²) in [6.07, 6.45) is 4.70. The number of hydrogen-bond acceptors (Lipinski definition) is 6. The second kappa shape index (κ2) is 27.5. The van der Waals surface area contributed by atoms with Crippen molar-refractivity contribution >= 4 is 35.9 Å². The number of amides is 6. The molecule has 6 amide bonds. The van der Waals surface area contributed by atoms with Crippen molar-refractivity contribution in [1.29, 1.82) is 0 Å². The van der Waals surface area contributed by atoms with Gasteiger partial charge in [0.15, 0.2) is 5.78 Å². The van der Waals surface area contributed by atoms with Crippen LogP contribution in [0, 0.1) is 17.3 Å². The quantitative estimate of drug-likeness (QED) is 0.118. The summed E-state index contributed by atoms with van der Waals surface area (Å²) in [5.74, 6) is 0.644. The molecule has 0 bridgehead atoms. The zero-order chi connectivity index (χ0) is 38.0. The van der Waals surface area contributed by atoms with Gasteiger partial charge in [-0.05, 0) is 57.3 Å². The lowest BCUT2D eigenvalue weighted by Gasteiger charge is -2.35. The van der Waals surface area contributed by atoms with Crippen LogP contribution in [0.5, 0.6) is 0 Å². The molecule has 12 heteroatoms. The monoisotopic (exact) mass is 683 g/mol. The van der Waals surface area contributed by atoms with Crippen molar-refractivity contribution in [1.82, 2.24) is 31.1 Å². The van der Waals surface area contributed by atoms with Gasteiger partial charge in [0.2, 0.25) is 24.1 Å². The molecule has 0 radical (unpaired) electrons. The molecule has 0 saturated carbocycles. The average Bonchev–Trinajstić information content (AvgIpc) is 3.47. The van der Waals surface area contributed by atoms with E-state index in [1.807, 2.05) is 41.5 Å². The number of nitrogens with one attached hydrogen (secondary N) is 4. The number of likely N-dealkylation sites (tertiary alicyclic amines) is 1. The maximum Gasteiger partial charge on any atom is 0.315 e. The third-order valence-corrected chi connectivity index (χ3v) is 6.47. The first kappa shape index (κ1) is 49.0. The van der Waals surface area contributed by atoms with E-state index in [1.54, 1.807) is 11.0 Å². The summed E-state index contributed by atoms with van der Waals surface area (Å²) in [5.41, 5.74) is -0.634. The van der Waals surface area contributed by atoms with E-state index in [0.717, 1.165) is 18.3 Å². The first-order chi connectivity index (χ1) is 22.2. The van der Waals surface area contributed by atoms with Gasteiger partial charge in [-0.3, -0.25) is 24.0 Å². The summed E-state index contributed by atoms with van der Waals surface area (Å²) in [5, 5.41) is 10.4. The molecule has 1 heterocycles. The highest BCUT2D eigenvalue weighted by atomic mass is 16.2. The van der Waals surface area contributed by atoms with E-state index >= 15 is 0 Å². The summed E-state index contributed by atoms with van der Waals surface area (Å²) in [7, 11) is 0. The lowest BCUT2D eigenvalue weighted by atomic mass is 9.85. The molecule has 1 aliphatic heterocycles. The minimum absolute atomic E-state index is 0.115. The van der Waals surface area contributed by atoms with Crippen molar-refractivity contribution in [2.24, 2.45) is 17.3 Å². The molecule has 0 aliphatic carbocycles. The zero-order valence-corrected chi connectivity index (χ0v) is 32.5. The summed E-state index contributed by atoms with van der Waals surface area (Å²) in [4.78, 5) is 75.5. The molecule has 0 spiro atoms. The molecule has 3 atom stereocenters. The lowest BCUT2D eigenvalue weighted by Crippen LogP contribution is -2.60. The lowest BCUT2D eigenvalue weighted by molar-refractivity contribution is -0.142. The SMILES string of the molecule is C=CCNC=O.CC(C)C.CC(C)C.CCCC(NC(=O)C1CCCN1C(=O)C(NC(=O)NCC(=O)N(CC)CC)C(C)(C)C)C(C)=O. The molecule has 1 aliphatic rings. The van der Waals surface area contributed by atoms with Crippen LogP contribution < -0.4 is 21.3 Å². The van der Waals surface area contributed by atoms with Crippen LogP contribution in [0.3, 0.4) is 0 Å². The maximum absolute atomic E-state index is 13.5. The van der Waals surface area contributed by atoms with Gasteiger partial charge in [0.25, 0.3) is 0 Å². The summed E-state index contributed by atoms with van der Waals surface area (Å²) in [6.45, 7) is 30.8. The molecule has 12 nitrogen and oxygen atoms in total. The van der Waals surface area contributed by atoms with Gasteiger partial charge < -0.3 is 31.1 Å². The zero-order valence-electron chi connectivity index (χ0n) is 32.5. The molecule has 3 unspecified atom stereocenters. The maximum atomic E-state index is 13.5. The Kier molecular flexibility index (Phi) is 28.1.